The van der Waals surface area contributed by atoms with E-state index in [9.17, 15) is 13.2 Å². The number of anilines is 2. The highest BCUT2D eigenvalue weighted by atomic mass is 35.5. The molecule has 0 aliphatic carbocycles. The first-order valence-corrected chi connectivity index (χ1v) is 11.4. The molecule has 1 atom stereocenters. The van der Waals surface area contributed by atoms with E-state index in [1.807, 2.05) is 18.2 Å². The molecule has 0 saturated carbocycles. The number of rotatable bonds is 7. The molecule has 156 valence electrons. The first-order valence-electron chi connectivity index (χ1n) is 9.13. The van der Waals surface area contributed by atoms with E-state index in [0.29, 0.717) is 27.9 Å². The van der Waals surface area contributed by atoms with Crippen LogP contribution in [0.15, 0.2) is 78.9 Å². The number of nitrogens with zero attached hydrogens (tertiary/aromatic N) is 1. The minimum Gasteiger partial charge on any atom is -0.455 e. The molecule has 1 N–H and O–H groups in total. The lowest BCUT2D eigenvalue weighted by Gasteiger charge is -2.28. The largest absolute Gasteiger partial charge is 0.455 e. The Morgan fingerprint density at radius 3 is 2.33 bits per heavy atom. The van der Waals surface area contributed by atoms with E-state index in [2.05, 4.69) is 5.32 Å². The number of carbonyl (C=O) groups excluding carboxylic acids is 1. The number of amides is 1. The number of carbonyl (C=O) groups is 1. The molecular formula is C22H21ClN2O4S. The van der Waals surface area contributed by atoms with E-state index >= 15 is 0 Å². The molecule has 0 saturated heterocycles. The number of nitrogens with one attached hydrogen (secondary N) is 1. The lowest BCUT2D eigenvalue weighted by atomic mass is 10.2. The minimum absolute atomic E-state index is 0.307. The summed E-state index contributed by atoms with van der Waals surface area (Å²) in [5.74, 6) is 0.548. The monoisotopic (exact) mass is 444 g/mol. The van der Waals surface area contributed by atoms with E-state index < -0.39 is 22.0 Å². The van der Waals surface area contributed by atoms with Crippen molar-refractivity contribution < 1.29 is 17.9 Å². The van der Waals surface area contributed by atoms with Crippen molar-refractivity contribution in [2.24, 2.45) is 0 Å². The molecule has 0 aromatic heterocycles. The van der Waals surface area contributed by atoms with Gasteiger partial charge < -0.3 is 10.1 Å². The van der Waals surface area contributed by atoms with E-state index in [-0.39, 0.29) is 0 Å². The van der Waals surface area contributed by atoms with E-state index in [0.717, 1.165) is 10.6 Å². The Morgan fingerprint density at radius 1 is 1.00 bits per heavy atom. The quantitative estimate of drug-likeness (QED) is 0.560. The summed E-state index contributed by atoms with van der Waals surface area (Å²) in [6.07, 6.45) is 1.05. The van der Waals surface area contributed by atoms with Crippen LogP contribution in [0.2, 0.25) is 5.02 Å². The van der Waals surface area contributed by atoms with Gasteiger partial charge in [-0.2, -0.15) is 0 Å². The summed E-state index contributed by atoms with van der Waals surface area (Å²) in [6.45, 7) is 1.51. The maximum Gasteiger partial charge on any atom is 0.248 e. The Bertz CT molecular complexity index is 1140. The second-order valence-electron chi connectivity index (χ2n) is 6.62. The second kappa shape index (κ2) is 9.19. The third-order valence-corrected chi connectivity index (χ3v) is 5.74. The van der Waals surface area contributed by atoms with Crippen LogP contribution in [0.5, 0.6) is 11.5 Å². The highest BCUT2D eigenvalue weighted by molar-refractivity contribution is 7.92. The molecule has 6 nitrogen and oxygen atoms in total. The molecule has 1 amide bonds. The fourth-order valence-electron chi connectivity index (χ4n) is 2.93. The van der Waals surface area contributed by atoms with Crippen molar-refractivity contribution in [1.82, 2.24) is 0 Å². The maximum absolute atomic E-state index is 13.0. The lowest BCUT2D eigenvalue weighted by Crippen LogP contribution is -2.45. The molecule has 0 aliphatic heterocycles. The molecule has 30 heavy (non-hydrogen) atoms. The van der Waals surface area contributed by atoms with Gasteiger partial charge in [0.25, 0.3) is 0 Å². The van der Waals surface area contributed by atoms with Crippen LogP contribution < -0.4 is 14.4 Å². The van der Waals surface area contributed by atoms with Gasteiger partial charge >= 0.3 is 0 Å². The molecule has 0 aliphatic rings. The molecule has 0 fully saturated rings. The number of hydrogen-bond donors (Lipinski definition) is 1. The van der Waals surface area contributed by atoms with Gasteiger partial charge in [0.1, 0.15) is 11.8 Å². The average molecular weight is 445 g/mol. The number of sulfonamides is 1. The second-order valence-corrected chi connectivity index (χ2v) is 8.91. The number of halogens is 1. The highest BCUT2D eigenvalue weighted by Crippen LogP contribution is 2.30. The van der Waals surface area contributed by atoms with E-state index in [1.165, 1.54) is 13.0 Å². The Labute approximate surface area is 181 Å². The van der Waals surface area contributed by atoms with Crippen molar-refractivity contribution in [3.05, 3.63) is 83.9 Å². The first kappa shape index (κ1) is 21.7. The standard InChI is InChI=1S/C22H21ClN2O4S/c1-16(25(30(2,27)28)18-10-8-9-17(23)15-18)22(26)24-20-13-6-7-14-21(20)29-19-11-4-3-5-12-19/h3-16H,1-2H3,(H,24,26). The van der Waals surface area contributed by atoms with Gasteiger partial charge in [0.2, 0.25) is 15.9 Å². The van der Waals surface area contributed by atoms with Gasteiger partial charge in [-0.25, -0.2) is 8.42 Å². The fourth-order valence-corrected chi connectivity index (χ4v) is 4.28. The SMILES string of the molecule is CC(C(=O)Nc1ccccc1Oc1ccccc1)N(c1cccc(Cl)c1)S(C)(=O)=O. The molecule has 0 spiro atoms. The predicted octanol–water partition coefficient (Wildman–Crippen LogP) is 4.93. The Kier molecular flexibility index (Phi) is 6.64. The number of hydrogen-bond acceptors (Lipinski definition) is 4. The van der Waals surface area contributed by atoms with Crippen LogP contribution in [-0.2, 0) is 14.8 Å². The van der Waals surface area contributed by atoms with Crippen molar-refractivity contribution >= 4 is 38.9 Å². The summed E-state index contributed by atoms with van der Waals surface area (Å²) in [6, 6.07) is 21.4. The summed E-state index contributed by atoms with van der Waals surface area (Å²) < 4.78 is 31.7. The number of benzene rings is 3. The molecular weight excluding hydrogens is 424 g/mol. The summed E-state index contributed by atoms with van der Waals surface area (Å²) >= 11 is 6.01. The molecule has 0 radical (unpaired) electrons. The van der Waals surface area contributed by atoms with Crippen LogP contribution in [0.1, 0.15) is 6.92 Å². The van der Waals surface area contributed by atoms with E-state index in [4.69, 9.17) is 16.3 Å². The molecule has 8 heteroatoms. The number of para-hydroxylation sites is 3. The van der Waals surface area contributed by atoms with Crippen molar-refractivity contribution in [1.29, 1.82) is 0 Å². The smallest absolute Gasteiger partial charge is 0.248 e. The van der Waals surface area contributed by atoms with Crippen molar-refractivity contribution in [3.63, 3.8) is 0 Å². The summed E-state index contributed by atoms with van der Waals surface area (Å²) in [4.78, 5) is 13.0. The van der Waals surface area contributed by atoms with Crippen LogP contribution in [-0.4, -0.2) is 26.6 Å². The van der Waals surface area contributed by atoms with Gasteiger partial charge in [-0.3, -0.25) is 9.10 Å². The fraction of sp³-hybridized carbons (Fsp3) is 0.136. The first-order chi connectivity index (χ1) is 14.3. The summed E-state index contributed by atoms with van der Waals surface area (Å²) in [5, 5.41) is 3.14. The summed E-state index contributed by atoms with van der Waals surface area (Å²) in [5.41, 5.74) is 0.735. The molecule has 0 heterocycles. The third-order valence-electron chi connectivity index (χ3n) is 4.27. The van der Waals surface area contributed by atoms with Crippen molar-refractivity contribution in [3.8, 4) is 11.5 Å². The average Bonchev–Trinajstić information content (AvgIpc) is 2.69. The van der Waals surface area contributed by atoms with Crippen LogP contribution >= 0.6 is 11.6 Å². The van der Waals surface area contributed by atoms with Gasteiger partial charge in [0.15, 0.2) is 5.75 Å². The van der Waals surface area contributed by atoms with Crippen molar-refractivity contribution in [2.45, 2.75) is 13.0 Å². The van der Waals surface area contributed by atoms with E-state index in [1.54, 1.807) is 54.6 Å². The Morgan fingerprint density at radius 2 is 1.67 bits per heavy atom. The maximum atomic E-state index is 13.0. The molecule has 3 rings (SSSR count). The van der Waals surface area contributed by atoms with Crippen LogP contribution in [0.4, 0.5) is 11.4 Å². The number of ether oxygens (including phenoxy) is 1. The molecule has 1 unspecified atom stereocenters. The zero-order valence-corrected chi connectivity index (χ0v) is 18.0. The minimum atomic E-state index is -3.75. The van der Waals surface area contributed by atoms with Gasteiger partial charge in [-0.15, -0.1) is 0 Å². The molecule has 3 aromatic rings. The third kappa shape index (κ3) is 5.31. The topological polar surface area (TPSA) is 75.7 Å². The predicted molar refractivity (Wildman–Crippen MR) is 120 cm³/mol. The zero-order valence-electron chi connectivity index (χ0n) is 16.4. The Hall–Kier alpha value is -3.03. The zero-order chi connectivity index (χ0) is 21.7. The van der Waals surface area contributed by atoms with Crippen LogP contribution in [0, 0.1) is 0 Å². The highest BCUT2D eigenvalue weighted by Gasteiger charge is 2.29. The van der Waals surface area contributed by atoms with Crippen LogP contribution in [0.25, 0.3) is 0 Å². The van der Waals surface area contributed by atoms with Gasteiger partial charge in [0, 0.05) is 5.02 Å². The van der Waals surface area contributed by atoms with Gasteiger partial charge in [-0.05, 0) is 49.4 Å². The lowest BCUT2D eigenvalue weighted by molar-refractivity contribution is -0.116. The van der Waals surface area contributed by atoms with Crippen LogP contribution in [0.3, 0.4) is 0 Å². The normalized spacial score (nSPS) is 12.1. The van der Waals surface area contributed by atoms with Crippen molar-refractivity contribution in [2.75, 3.05) is 15.9 Å². The summed E-state index contributed by atoms with van der Waals surface area (Å²) in [7, 11) is -3.75. The Balaban J connectivity index is 1.86. The molecule has 3 aromatic carbocycles. The van der Waals surface area contributed by atoms with Gasteiger partial charge in [0.05, 0.1) is 17.6 Å². The van der Waals surface area contributed by atoms with Gasteiger partial charge in [-0.1, -0.05) is 48.0 Å². The molecule has 0 bridgehead atoms.